The zero-order valence-corrected chi connectivity index (χ0v) is 11.2. The number of nitrogens with two attached hydrogens (primary N) is 1. The van der Waals surface area contributed by atoms with Gasteiger partial charge < -0.3 is 10.6 Å². The van der Waals surface area contributed by atoms with Crippen LogP contribution in [-0.4, -0.2) is 35.6 Å². The quantitative estimate of drug-likeness (QED) is 0.803. The lowest BCUT2D eigenvalue weighted by Crippen LogP contribution is -2.36. The minimum absolute atomic E-state index is 0.799. The van der Waals surface area contributed by atoms with Crippen molar-refractivity contribution in [1.82, 2.24) is 9.88 Å². The first-order valence-electron chi connectivity index (χ1n) is 7.23. The van der Waals surface area contributed by atoms with Gasteiger partial charge in [-0.15, -0.1) is 0 Å². The Kier molecular flexibility index (Phi) is 5.62. The second kappa shape index (κ2) is 7.49. The lowest BCUT2D eigenvalue weighted by atomic mass is 10.1. The van der Waals surface area contributed by atoms with Crippen molar-refractivity contribution in [2.75, 3.05) is 19.6 Å². The Labute approximate surface area is 110 Å². The molecule has 2 rings (SSSR count). The van der Waals surface area contributed by atoms with Crippen molar-refractivity contribution in [1.29, 1.82) is 0 Å². The largest absolute Gasteiger partial charge is 0.330 e. The summed E-state index contributed by atoms with van der Waals surface area (Å²) >= 11 is 0. The minimum atomic E-state index is 0.799. The first kappa shape index (κ1) is 13.5. The fraction of sp³-hybridized carbons (Fsp3) is 0.667. The standard InChI is InChI=1S/C15H25N3/c16-9-4-11-18(15-6-1-2-7-15)12-8-14-5-3-10-17-13-14/h3,5,10,13,15H,1-2,4,6-9,11-12,16H2. The maximum Gasteiger partial charge on any atom is 0.0300 e. The van der Waals surface area contributed by atoms with E-state index < -0.39 is 0 Å². The van der Waals surface area contributed by atoms with Crippen molar-refractivity contribution in [3.63, 3.8) is 0 Å². The van der Waals surface area contributed by atoms with E-state index >= 15 is 0 Å². The number of hydrogen-bond acceptors (Lipinski definition) is 3. The first-order valence-corrected chi connectivity index (χ1v) is 7.23. The van der Waals surface area contributed by atoms with Crippen LogP contribution in [0, 0.1) is 0 Å². The van der Waals surface area contributed by atoms with Crippen LogP contribution in [0.25, 0.3) is 0 Å². The fourth-order valence-corrected chi connectivity index (χ4v) is 2.86. The van der Waals surface area contributed by atoms with Crippen molar-refractivity contribution in [2.45, 2.75) is 44.6 Å². The van der Waals surface area contributed by atoms with Gasteiger partial charge in [0.15, 0.2) is 0 Å². The van der Waals surface area contributed by atoms with Crippen LogP contribution in [0.4, 0.5) is 0 Å². The van der Waals surface area contributed by atoms with Crippen LogP contribution >= 0.6 is 0 Å². The molecule has 1 saturated carbocycles. The molecule has 0 amide bonds. The topological polar surface area (TPSA) is 42.1 Å². The van der Waals surface area contributed by atoms with Gasteiger partial charge in [0.2, 0.25) is 0 Å². The molecule has 0 aliphatic heterocycles. The third-order valence-corrected chi connectivity index (χ3v) is 3.90. The third kappa shape index (κ3) is 4.07. The smallest absolute Gasteiger partial charge is 0.0300 e. The normalized spacial score (nSPS) is 16.6. The molecule has 0 unspecified atom stereocenters. The molecule has 1 heterocycles. The number of pyridine rings is 1. The average molecular weight is 247 g/mol. The maximum atomic E-state index is 5.65. The zero-order valence-electron chi connectivity index (χ0n) is 11.2. The molecule has 0 atom stereocenters. The van der Waals surface area contributed by atoms with Gasteiger partial charge in [-0.1, -0.05) is 18.9 Å². The molecule has 0 radical (unpaired) electrons. The van der Waals surface area contributed by atoms with Crippen LogP contribution in [0.1, 0.15) is 37.7 Å². The highest BCUT2D eigenvalue weighted by atomic mass is 15.2. The summed E-state index contributed by atoms with van der Waals surface area (Å²) in [5.41, 5.74) is 6.99. The van der Waals surface area contributed by atoms with E-state index in [0.717, 1.165) is 38.5 Å². The Morgan fingerprint density at radius 3 is 2.78 bits per heavy atom. The first-order chi connectivity index (χ1) is 8.90. The molecule has 1 aliphatic rings. The van der Waals surface area contributed by atoms with Crippen LogP contribution in [0.3, 0.4) is 0 Å². The summed E-state index contributed by atoms with van der Waals surface area (Å²) in [6, 6.07) is 4.99. The molecule has 0 bridgehead atoms. The molecule has 1 aliphatic carbocycles. The SMILES string of the molecule is NCCCN(CCc1cccnc1)C1CCCC1. The van der Waals surface area contributed by atoms with Crippen molar-refractivity contribution >= 4 is 0 Å². The van der Waals surface area contributed by atoms with E-state index in [2.05, 4.69) is 16.0 Å². The molecule has 100 valence electrons. The van der Waals surface area contributed by atoms with Gasteiger partial charge in [-0.3, -0.25) is 4.98 Å². The minimum Gasteiger partial charge on any atom is -0.330 e. The molecule has 0 aromatic carbocycles. The Morgan fingerprint density at radius 2 is 2.11 bits per heavy atom. The molecule has 1 aromatic rings. The van der Waals surface area contributed by atoms with Gasteiger partial charge in [0.1, 0.15) is 0 Å². The van der Waals surface area contributed by atoms with Crippen molar-refractivity contribution in [2.24, 2.45) is 5.73 Å². The van der Waals surface area contributed by atoms with Crippen molar-refractivity contribution < 1.29 is 0 Å². The van der Waals surface area contributed by atoms with E-state index in [4.69, 9.17) is 5.73 Å². The van der Waals surface area contributed by atoms with Gasteiger partial charge in [0.05, 0.1) is 0 Å². The highest BCUT2D eigenvalue weighted by Crippen LogP contribution is 2.23. The van der Waals surface area contributed by atoms with Gasteiger partial charge in [0.25, 0.3) is 0 Å². The van der Waals surface area contributed by atoms with Gasteiger partial charge in [0, 0.05) is 25.0 Å². The molecule has 0 saturated heterocycles. The molecule has 1 fully saturated rings. The van der Waals surface area contributed by atoms with Crippen LogP contribution in [-0.2, 0) is 6.42 Å². The molecule has 0 spiro atoms. The van der Waals surface area contributed by atoms with Gasteiger partial charge in [-0.05, 0) is 50.4 Å². The van der Waals surface area contributed by atoms with Crippen LogP contribution in [0.5, 0.6) is 0 Å². The lowest BCUT2D eigenvalue weighted by molar-refractivity contribution is 0.199. The number of aromatic nitrogens is 1. The Bertz CT molecular complexity index is 320. The summed E-state index contributed by atoms with van der Waals surface area (Å²) < 4.78 is 0. The zero-order chi connectivity index (χ0) is 12.6. The second-order valence-corrected chi connectivity index (χ2v) is 5.23. The molecule has 3 heteroatoms. The predicted molar refractivity (Wildman–Crippen MR) is 75.4 cm³/mol. The predicted octanol–water partition coefficient (Wildman–Crippen LogP) is 2.22. The number of hydrogen-bond donors (Lipinski definition) is 1. The third-order valence-electron chi connectivity index (χ3n) is 3.90. The summed E-state index contributed by atoms with van der Waals surface area (Å²) in [7, 11) is 0. The van der Waals surface area contributed by atoms with Gasteiger partial charge >= 0.3 is 0 Å². The number of nitrogens with zero attached hydrogens (tertiary/aromatic N) is 2. The fourth-order valence-electron chi connectivity index (χ4n) is 2.86. The van der Waals surface area contributed by atoms with E-state index in [9.17, 15) is 0 Å². The van der Waals surface area contributed by atoms with Crippen LogP contribution < -0.4 is 5.73 Å². The monoisotopic (exact) mass is 247 g/mol. The van der Waals surface area contributed by atoms with Crippen LogP contribution in [0.15, 0.2) is 24.5 Å². The van der Waals surface area contributed by atoms with Gasteiger partial charge in [-0.25, -0.2) is 0 Å². The van der Waals surface area contributed by atoms with Gasteiger partial charge in [-0.2, -0.15) is 0 Å². The molecular formula is C15H25N3. The summed E-state index contributed by atoms with van der Waals surface area (Å²) in [4.78, 5) is 6.83. The Balaban J connectivity index is 1.84. The van der Waals surface area contributed by atoms with E-state index in [1.165, 1.54) is 31.2 Å². The molecule has 18 heavy (non-hydrogen) atoms. The van der Waals surface area contributed by atoms with Crippen molar-refractivity contribution in [3.05, 3.63) is 30.1 Å². The van der Waals surface area contributed by atoms with E-state index in [1.54, 1.807) is 0 Å². The summed E-state index contributed by atoms with van der Waals surface area (Å²) in [6.45, 7) is 3.11. The molecule has 2 N–H and O–H groups in total. The summed E-state index contributed by atoms with van der Waals surface area (Å²) in [6.07, 6.45) is 11.6. The molecular weight excluding hydrogens is 222 g/mol. The van der Waals surface area contributed by atoms with E-state index in [-0.39, 0.29) is 0 Å². The second-order valence-electron chi connectivity index (χ2n) is 5.23. The highest BCUT2D eigenvalue weighted by Gasteiger charge is 2.21. The van der Waals surface area contributed by atoms with E-state index in [1.807, 2.05) is 18.5 Å². The molecule has 3 nitrogen and oxygen atoms in total. The Hall–Kier alpha value is -0.930. The highest BCUT2D eigenvalue weighted by molar-refractivity contribution is 5.08. The van der Waals surface area contributed by atoms with E-state index in [0.29, 0.717) is 0 Å². The Morgan fingerprint density at radius 1 is 1.28 bits per heavy atom. The van der Waals surface area contributed by atoms with Crippen molar-refractivity contribution in [3.8, 4) is 0 Å². The average Bonchev–Trinajstić information content (AvgIpc) is 2.94. The summed E-state index contributed by atoms with van der Waals surface area (Å²) in [5.74, 6) is 0. The summed E-state index contributed by atoms with van der Waals surface area (Å²) in [5, 5.41) is 0. The maximum absolute atomic E-state index is 5.65. The number of rotatable bonds is 7. The lowest BCUT2D eigenvalue weighted by Gasteiger charge is -2.28. The molecule has 1 aromatic heterocycles. The van der Waals surface area contributed by atoms with Crippen LogP contribution in [0.2, 0.25) is 0 Å².